The fourth-order valence-corrected chi connectivity index (χ4v) is 3.44. The van der Waals surface area contributed by atoms with Gasteiger partial charge in [-0.25, -0.2) is 14.0 Å². The van der Waals surface area contributed by atoms with E-state index >= 15 is 0 Å². The lowest BCUT2D eigenvalue weighted by molar-refractivity contribution is -0.159. The Morgan fingerprint density at radius 3 is 2.33 bits per heavy atom. The Balaban J connectivity index is 0.000000469. The molecule has 0 radical (unpaired) electrons. The zero-order valence-corrected chi connectivity index (χ0v) is 17.4. The molecule has 160 valence electrons. The third-order valence-corrected chi connectivity index (χ3v) is 5.12. The molecule has 3 aromatic rings. The largest absolute Gasteiger partial charge is 0.473 e. The van der Waals surface area contributed by atoms with Gasteiger partial charge in [-0.3, -0.25) is 4.90 Å². The molecule has 0 amide bonds. The van der Waals surface area contributed by atoms with Gasteiger partial charge in [0.05, 0.1) is 13.2 Å². The van der Waals surface area contributed by atoms with E-state index in [1.54, 1.807) is 11.3 Å². The Kier molecular flexibility index (Phi) is 9.40. The molecule has 0 atom stereocenters. The Bertz CT molecular complexity index is 946. The van der Waals surface area contributed by atoms with Crippen LogP contribution in [0.5, 0.6) is 0 Å². The van der Waals surface area contributed by atoms with Crippen LogP contribution in [0.2, 0.25) is 0 Å². The molecule has 2 N–H and O–H groups in total. The summed E-state index contributed by atoms with van der Waals surface area (Å²) < 4.78 is 20.0. The van der Waals surface area contributed by atoms with Crippen molar-refractivity contribution in [1.82, 2.24) is 4.90 Å². The number of carboxylic acids is 2. The van der Waals surface area contributed by atoms with Crippen molar-refractivity contribution in [3.05, 3.63) is 70.9 Å². The molecule has 3 rings (SSSR count). The molecular weight excluding hydrogens is 409 g/mol. The van der Waals surface area contributed by atoms with Gasteiger partial charge in [-0.2, -0.15) is 0 Å². The molecule has 0 saturated carbocycles. The highest BCUT2D eigenvalue weighted by Gasteiger charge is 2.04. The van der Waals surface area contributed by atoms with Crippen molar-refractivity contribution in [3.63, 3.8) is 0 Å². The second-order valence-corrected chi connectivity index (χ2v) is 7.58. The Hall–Kier alpha value is -2.81. The van der Waals surface area contributed by atoms with E-state index in [1.807, 2.05) is 12.1 Å². The molecule has 2 aromatic carbocycles. The van der Waals surface area contributed by atoms with Gasteiger partial charge in [-0.15, -0.1) is 11.3 Å². The number of nitrogens with zero attached hydrogens (tertiary/aromatic N) is 1. The number of thiophene rings is 1. The number of benzene rings is 2. The van der Waals surface area contributed by atoms with E-state index in [2.05, 4.69) is 41.6 Å². The first kappa shape index (κ1) is 23.5. The molecule has 0 fully saturated rings. The van der Waals surface area contributed by atoms with E-state index in [9.17, 15) is 4.39 Å². The molecule has 0 saturated heterocycles. The molecule has 0 spiro atoms. The van der Waals surface area contributed by atoms with E-state index in [0.717, 1.165) is 31.7 Å². The van der Waals surface area contributed by atoms with Crippen LogP contribution in [0.15, 0.2) is 53.9 Å². The zero-order valence-electron chi connectivity index (χ0n) is 16.6. The van der Waals surface area contributed by atoms with Crippen molar-refractivity contribution in [2.75, 3.05) is 26.8 Å². The Morgan fingerprint density at radius 2 is 1.67 bits per heavy atom. The fraction of sp³-hybridized carbons (Fsp3) is 0.273. The summed E-state index contributed by atoms with van der Waals surface area (Å²) in [5.41, 5.74) is 2.43. The third kappa shape index (κ3) is 8.28. The van der Waals surface area contributed by atoms with Crippen LogP contribution in [0.25, 0.3) is 10.1 Å². The summed E-state index contributed by atoms with van der Waals surface area (Å²) in [6.45, 7) is 3.11. The normalized spacial score (nSPS) is 10.6. The third-order valence-electron chi connectivity index (χ3n) is 4.22. The smallest absolute Gasteiger partial charge is 0.414 e. The Labute approximate surface area is 178 Å². The number of likely N-dealkylation sites (N-methyl/N-ethyl adjacent to an activating group) is 1. The fourth-order valence-electron chi connectivity index (χ4n) is 2.66. The van der Waals surface area contributed by atoms with Gasteiger partial charge in [0, 0.05) is 17.8 Å². The minimum absolute atomic E-state index is 0.189. The molecule has 0 aliphatic carbocycles. The predicted octanol–water partition coefficient (Wildman–Crippen LogP) is 3.89. The van der Waals surface area contributed by atoms with Gasteiger partial charge in [0.2, 0.25) is 0 Å². The molecule has 0 aliphatic heterocycles. The average Bonchev–Trinajstić information content (AvgIpc) is 3.18. The number of carboxylic acid groups (broad SMARTS) is 2. The van der Waals surface area contributed by atoms with Gasteiger partial charge in [0.1, 0.15) is 5.82 Å². The number of halogens is 1. The number of carbonyl (C=O) groups is 2. The summed E-state index contributed by atoms with van der Waals surface area (Å²) in [6.07, 6.45) is 0.938. The molecule has 1 aromatic heterocycles. The number of hydrogen-bond donors (Lipinski definition) is 2. The summed E-state index contributed by atoms with van der Waals surface area (Å²) in [5.74, 6) is -3.84. The summed E-state index contributed by atoms with van der Waals surface area (Å²) in [7, 11) is 2.05. The van der Waals surface area contributed by atoms with Crippen LogP contribution in [0.1, 0.15) is 11.1 Å². The van der Waals surface area contributed by atoms with Gasteiger partial charge in [-0.1, -0.05) is 24.3 Å². The second kappa shape index (κ2) is 12.0. The first-order valence-electron chi connectivity index (χ1n) is 9.28. The molecule has 6 nitrogen and oxygen atoms in total. The van der Waals surface area contributed by atoms with E-state index in [0.29, 0.717) is 6.61 Å². The zero-order chi connectivity index (χ0) is 21.9. The maximum atomic E-state index is 12.9. The van der Waals surface area contributed by atoms with Crippen molar-refractivity contribution in [3.8, 4) is 0 Å². The van der Waals surface area contributed by atoms with E-state index < -0.39 is 11.9 Å². The highest BCUT2D eigenvalue weighted by atomic mass is 32.1. The summed E-state index contributed by atoms with van der Waals surface area (Å²) in [6, 6.07) is 15.4. The van der Waals surface area contributed by atoms with E-state index in [-0.39, 0.29) is 5.82 Å². The van der Waals surface area contributed by atoms with Crippen LogP contribution in [0.3, 0.4) is 0 Å². The molecule has 0 unspecified atom stereocenters. The first-order valence-corrected chi connectivity index (χ1v) is 10.2. The number of rotatable bonds is 8. The van der Waals surface area contributed by atoms with Crippen molar-refractivity contribution in [2.45, 2.75) is 13.0 Å². The summed E-state index contributed by atoms with van der Waals surface area (Å²) >= 11 is 1.78. The van der Waals surface area contributed by atoms with Crippen molar-refractivity contribution >= 4 is 33.4 Å². The molecule has 0 bridgehead atoms. The number of hydrogen-bond acceptors (Lipinski definition) is 5. The van der Waals surface area contributed by atoms with Gasteiger partial charge >= 0.3 is 11.9 Å². The van der Waals surface area contributed by atoms with Crippen molar-refractivity contribution in [1.29, 1.82) is 0 Å². The SMILES string of the molecule is CN(CCOCCc1ccc2sccc2c1)Cc1ccc(F)cc1.O=C(O)C(=O)O. The van der Waals surface area contributed by atoms with Gasteiger partial charge in [-0.05, 0) is 59.6 Å². The van der Waals surface area contributed by atoms with Gasteiger partial charge < -0.3 is 14.9 Å². The first-order chi connectivity index (χ1) is 14.3. The number of ether oxygens (including phenoxy) is 1. The maximum absolute atomic E-state index is 12.9. The topological polar surface area (TPSA) is 87.1 Å². The van der Waals surface area contributed by atoms with E-state index in [4.69, 9.17) is 24.5 Å². The van der Waals surface area contributed by atoms with Crippen molar-refractivity contribution < 1.29 is 28.9 Å². The Morgan fingerprint density at radius 1 is 1.00 bits per heavy atom. The second-order valence-electron chi connectivity index (χ2n) is 6.63. The molecular formula is C22H24FNO5S. The molecule has 30 heavy (non-hydrogen) atoms. The highest BCUT2D eigenvalue weighted by molar-refractivity contribution is 7.17. The van der Waals surface area contributed by atoms with Crippen LogP contribution in [0.4, 0.5) is 4.39 Å². The van der Waals surface area contributed by atoms with Gasteiger partial charge in [0.15, 0.2) is 0 Å². The highest BCUT2D eigenvalue weighted by Crippen LogP contribution is 2.21. The van der Waals surface area contributed by atoms with Crippen LogP contribution in [0, 0.1) is 5.82 Å². The van der Waals surface area contributed by atoms with Crippen LogP contribution in [-0.2, 0) is 27.3 Å². The summed E-state index contributed by atoms with van der Waals surface area (Å²) in [5, 5.41) is 18.2. The minimum atomic E-state index is -1.82. The average molecular weight is 434 g/mol. The number of aliphatic carboxylic acids is 2. The van der Waals surface area contributed by atoms with Crippen molar-refractivity contribution in [2.24, 2.45) is 0 Å². The van der Waals surface area contributed by atoms with Gasteiger partial charge in [0.25, 0.3) is 0 Å². The number of fused-ring (bicyclic) bond motifs is 1. The monoisotopic (exact) mass is 433 g/mol. The molecule has 0 aliphatic rings. The lowest BCUT2D eigenvalue weighted by Gasteiger charge is -2.16. The predicted molar refractivity (Wildman–Crippen MR) is 114 cm³/mol. The lowest BCUT2D eigenvalue weighted by atomic mass is 10.1. The standard InChI is InChI=1S/C20H22FNOS.C2H2O4/c1-22(15-17-2-5-19(21)6-3-17)10-12-23-11-8-16-4-7-20-18(14-16)9-13-24-20;3-1(4)2(5)6/h2-7,9,13-14H,8,10-12,15H2,1H3;(H,3,4)(H,5,6). The summed E-state index contributed by atoms with van der Waals surface area (Å²) in [4.78, 5) is 20.4. The van der Waals surface area contributed by atoms with E-state index in [1.165, 1.54) is 27.8 Å². The van der Waals surface area contributed by atoms with Crippen LogP contribution < -0.4 is 0 Å². The maximum Gasteiger partial charge on any atom is 0.414 e. The lowest BCUT2D eigenvalue weighted by Crippen LogP contribution is -2.23. The van der Waals surface area contributed by atoms with Crippen LogP contribution >= 0.6 is 11.3 Å². The quantitative estimate of drug-likeness (QED) is 0.414. The molecule has 1 heterocycles. The van der Waals surface area contributed by atoms with Crippen LogP contribution in [-0.4, -0.2) is 53.9 Å². The minimum Gasteiger partial charge on any atom is -0.473 e. The molecule has 8 heteroatoms.